The van der Waals surface area contributed by atoms with Gasteiger partial charge in [-0.25, -0.2) is 0 Å². The molecule has 1 unspecified atom stereocenters. The lowest BCUT2D eigenvalue weighted by atomic mass is 10.2. The monoisotopic (exact) mass is 148 g/mol. The summed E-state index contributed by atoms with van der Waals surface area (Å²) >= 11 is 0. The molecule has 0 aliphatic heterocycles. The average molecular weight is 148 g/mol. The molecule has 0 bridgehead atoms. The molecule has 1 atom stereocenters. The van der Waals surface area contributed by atoms with E-state index in [1.807, 2.05) is 0 Å². The lowest BCUT2D eigenvalue weighted by Crippen LogP contribution is -2.30. The maximum absolute atomic E-state index is 9.99. The largest absolute Gasteiger partial charge is 0.481 e. The molecule has 0 aromatic rings. The molecule has 10 heavy (non-hydrogen) atoms. The van der Waals surface area contributed by atoms with Crippen LogP contribution >= 0.6 is 0 Å². The van der Waals surface area contributed by atoms with E-state index in [1.165, 1.54) is 0 Å². The predicted molar refractivity (Wildman–Crippen MR) is 32.5 cm³/mol. The minimum atomic E-state index is -1.17. The van der Waals surface area contributed by atoms with Gasteiger partial charge in [-0.2, -0.15) is 0 Å². The lowest BCUT2D eigenvalue weighted by Gasteiger charge is -2.01. The molecule has 4 N–H and O–H groups in total. The van der Waals surface area contributed by atoms with Crippen molar-refractivity contribution in [2.45, 2.75) is 18.9 Å². The van der Waals surface area contributed by atoms with Crippen LogP contribution in [0.25, 0.3) is 0 Å². The molecular weight excluding hydrogens is 139 g/mol. The molecule has 0 radical (unpaired) electrons. The van der Waals surface area contributed by atoms with E-state index in [1.54, 1.807) is 0 Å². The van der Waals surface area contributed by atoms with Gasteiger partial charge in [0.25, 0.3) is 0 Å². The summed E-state index contributed by atoms with van der Waals surface area (Å²) < 4.78 is 0. The van der Waals surface area contributed by atoms with Crippen molar-refractivity contribution in [1.82, 2.24) is 0 Å². The highest BCUT2D eigenvalue weighted by molar-refractivity contribution is 5.74. The van der Waals surface area contributed by atoms with Gasteiger partial charge in [0.15, 0.2) is 0 Å². The first-order valence-corrected chi connectivity index (χ1v) is 2.74. The van der Waals surface area contributed by atoms with Gasteiger partial charge in [-0.3, -0.25) is 9.59 Å². The second kappa shape index (κ2) is 3.84. The van der Waals surface area contributed by atoms with Gasteiger partial charge in [-0.15, -0.1) is 0 Å². The summed E-state index contributed by atoms with van der Waals surface area (Å²) in [6, 6.07) is -1.06. The van der Waals surface area contributed by atoms with E-state index in [0.717, 1.165) is 0 Å². The topological polar surface area (TPSA) is 101 Å². The maximum atomic E-state index is 9.99. The standard InChI is InChI=1S/C5H9NO4/c6-3(5(9)10)1-2-4(7)8/h3H,1-2,6H2,(H,7,8)(H,9,10)/i6+1. The van der Waals surface area contributed by atoms with E-state index >= 15 is 0 Å². The molecule has 0 heterocycles. The third-order valence-electron chi connectivity index (χ3n) is 0.986. The van der Waals surface area contributed by atoms with E-state index in [9.17, 15) is 9.59 Å². The first-order valence-electron chi connectivity index (χ1n) is 2.74. The van der Waals surface area contributed by atoms with Crippen LogP contribution in [0.15, 0.2) is 0 Å². The number of carboxylic acid groups (broad SMARTS) is 2. The number of rotatable bonds is 4. The van der Waals surface area contributed by atoms with Crippen LogP contribution < -0.4 is 5.73 Å². The van der Waals surface area contributed by atoms with Gasteiger partial charge >= 0.3 is 11.9 Å². The zero-order chi connectivity index (χ0) is 8.15. The van der Waals surface area contributed by atoms with Crippen LogP contribution in [0.2, 0.25) is 0 Å². The first-order chi connectivity index (χ1) is 4.54. The van der Waals surface area contributed by atoms with E-state index in [2.05, 4.69) is 0 Å². The normalized spacial score (nSPS) is 12.5. The van der Waals surface area contributed by atoms with Crippen LogP contribution in [0.5, 0.6) is 0 Å². The molecule has 0 spiro atoms. The van der Waals surface area contributed by atoms with Crippen molar-refractivity contribution in [3.05, 3.63) is 0 Å². The van der Waals surface area contributed by atoms with Crippen molar-refractivity contribution < 1.29 is 19.8 Å². The van der Waals surface area contributed by atoms with Crippen molar-refractivity contribution in [3.63, 3.8) is 0 Å². The quantitative estimate of drug-likeness (QED) is 0.456. The van der Waals surface area contributed by atoms with E-state index < -0.39 is 18.0 Å². The number of nitrogens with two attached hydrogens (primary N) is 1. The molecule has 0 saturated heterocycles. The molecule has 0 rings (SSSR count). The number of hydrogen-bond donors (Lipinski definition) is 3. The van der Waals surface area contributed by atoms with Crippen LogP contribution in [0.4, 0.5) is 0 Å². The van der Waals surface area contributed by atoms with Crippen LogP contribution in [-0.4, -0.2) is 28.2 Å². The number of hydrogen-bond acceptors (Lipinski definition) is 3. The van der Waals surface area contributed by atoms with Gasteiger partial charge in [0.2, 0.25) is 0 Å². The van der Waals surface area contributed by atoms with Crippen LogP contribution in [0.1, 0.15) is 12.8 Å². The number of carbonyl (C=O) groups is 2. The highest BCUT2D eigenvalue weighted by atomic mass is 16.4. The average Bonchev–Trinajstić information content (AvgIpc) is 1.82. The molecule has 0 saturated carbocycles. The summed E-state index contributed by atoms with van der Waals surface area (Å²) in [5, 5.41) is 16.3. The molecule has 0 fully saturated rings. The second-order valence-electron chi connectivity index (χ2n) is 1.88. The van der Waals surface area contributed by atoms with Crippen molar-refractivity contribution in [1.29, 1.82) is 0 Å². The summed E-state index contributed by atoms with van der Waals surface area (Å²) in [6.45, 7) is 0. The summed E-state index contributed by atoms with van der Waals surface area (Å²) in [5.74, 6) is -2.20. The third kappa shape index (κ3) is 3.85. The highest BCUT2D eigenvalue weighted by Crippen LogP contribution is 1.93. The molecule has 58 valence electrons. The summed E-state index contributed by atoms with van der Waals surface area (Å²) in [4.78, 5) is 19.9. The Kier molecular flexibility index (Phi) is 3.42. The zero-order valence-corrected chi connectivity index (χ0v) is 5.28. The summed E-state index contributed by atoms with van der Waals surface area (Å²) in [7, 11) is 0. The van der Waals surface area contributed by atoms with Gasteiger partial charge in [0.05, 0.1) is 0 Å². The van der Waals surface area contributed by atoms with Gasteiger partial charge in [0.1, 0.15) is 6.04 Å². The van der Waals surface area contributed by atoms with E-state index in [0.29, 0.717) is 0 Å². The molecule has 0 aromatic carbocycles. The van der Waals surface area contributed by atoms with Gasteiger partial charge in [-0.1, -0.05) is 0 Å². The maximum Gasteiger partial charge on any atom is 0.320 e. The number of carboxylic acids is 2. The van der Waals surface area contributed by atoms with Crippen LogP contribution in [-0.2, 0) is 9.59 Å². The minimum absolute atomic E-state index is 0.0231. The SMILES string of the molecule is [15NH2]C(CCC(=O)O)C(=O)O. The number of aliphatic carboxylic acids is 2. The molecule has 5 heteroatoms. The lowest BCUT2D eigenvalue weighted by molar-refractivity contribution is -0.139. The summed E-state index contributed by atoms with van der Waals surface area (Å²) in [5.41, 5.74) is 5.00. The Morgan fingerprint density at radius 2 is 1.90 bits per heavy atom. The van der Waals surface area contributed by atoms with Gasteiger partial charge < -0.3 is 15.9 Å². The highest BCUT2D eigenvalue weighted by Gasteiger charge is 2.12. The van der Waals surface area contributed by atoms with E-state index in [-0.39, 0.29) is 12.8 Å². The Morgan fingerprint density at radius 1 is 1.40 bits per heavy atom. The fraction of sp³-hybridized carbons (Fsp3) is 0.600. The minimum Gasteiger partial charge on any atom is -0.481 e. The molecular formula is C5H9NO4. The fourth-order valence-corrected chi connectivity index (χ4v) is 0.402. The van der Waals surface area contributed by atoms with Gasteiger partial charge in [0, 0.05) is 6.42 Å². The fourth-order valence-electron chi connectivity index (χ4n) is 0.402. The van der Waals surface area contributed by atoms with Gasteiger partial charge in [-0.05, 0) is 6.42 Å². The molecule has 0 aromatic heterocycles. The molecule has 0 amide bonds. The van der Waals surface area contributed by atoms with Crippen molar-refractivity contribution in [3.8, 4) is 0 Å². The zero-order valence-electron chi connectivity index (χ0n) is 5.28. The van der Waals surface area contributed by atoms with Crippen LogP contribution in [0, 0.1) is 0 Å². The first kappa shape index (κ1) is 8.90. The smallest absolute Gasteiger partial charge is 0.320 e. The second-order valence-corrected chi connectivity index (χ2v) is 1.88. The molecule has 0 aliphatic carbocycles. The Bertz CT molecular complexity index is 145. The van der Waals surface area contributed by atoms with Crippen LogP contribution in [0.3, 0.4) is 0 Å². The Labute approximate surface area is 57.5 Å². The van der Waals surface area contributed by atoms with E-state index in [4.69, 9.17) is 15.9 Å². The Morgan fingerprint density at radius 3 is 2.20 bits per heavy atom. The third-order valence-corrected chi connectivity index (χ3v) is 0.986. The van der Waals surface area contributed by atoms with Crippen molar-refractivity contribution in [2.24, 2.45) is 5.73 Å². The predicted octanol–water partition coefficient (Wildman–Crippen LogP) is -0.737. The Hall–Kier alpha value is -1.10. The Balaban J connectivity index is 3.49. The van der Waals surface area contributed by atoms with Crippen molar-refractivity contribution >= 4 is 11.9 Å². The van der Waals surface area contributed by atoms with Crippen molar-refractivity contribution in [2.75, 3.05) is 0 Å². The molecule has 0 aliphatic rings. The summed E-state index contributed by atoms with van der Waals surface area (Å²) in [6.07, 6.45) is -0.224. The molecule has 5 nitrogen and oxygen atoms in total.